The number of nitrogens with zero attached hydrogens (tertiary/aromatic N) is 3. The van der Waals surface area contributed by atoms with Crippen LogP contribution >= 0.6 is 0 Å². The molecular weight excluding hydrogens is 370 g/mol. The summed E-state index contributed by atoms with van der Waals surface area (Å²) in [6.07, 6.45) is 3.14. The van der Waals surface area contributed by atoms with Gasteiger partial charge in [-0.05, 0) is 25.7 Å². The van der Waals surface area contributed by atoms with Crippen LogP contribution in [0.4, 0.5) is 0 Å². The van der Waals surface area contributed by atoms with Gasteiger partial charge in [0.2, 0.25) is 5.91 Å². The summed E-state index contributed by atoms with van der Waals surface area (Å²) >= 11 is 0. The second-order valence-corrected chi connectivity index (χ2v) is 7.15. The maximum atomic E-state index is 13.0. The van der Waals surface area contributed by atoms with Gasteiger partial charge < -0.3 is 23.9 Å². The Balaban J connectivity index is 2.01. The van der Waals surface area contributed by atoms with Gasteiger partial charge in [0.15, 0.2) is 0 Å². The van der Waals surface area contributed by atoms with Crippen LogP contribution in [0.1, 0.15) is 22.3 Å². The molecule has 0 fully saturated rings. The standard InChI is InChI=1S/C22H31N3O4/c1-23(2)12-13-25(17-19-7-5-4-6-8-19)21(26)9-11-24(14-16-28-3)22(27)20-10-15-29-18-20/h4-8,10,15,18H,9,11-14,16-17H2,1-3H3. The van der Waals surface area contributed by atoms with Crippen molar-refractivity contribution in [3.8, 4) is 0 Å². The fraction of sp³-hybridized carbons (Fsp3) is 0.455. The van der Waals surface area contributed by atoms with E-state index in [9.17, 15) is 9.59 Å². The summed E-state index contributed by atoms with van der Waals surface area (Å²) in [5.41, 5.74) is 1.56. The van der Waals surface area contributed by atoms with Crippen molar-refractivity contribution in [1.82, 2.24) is 14.7 Å². The zero-order chi connectivity index (χ0) is 21.1. The number of hydrogen-bond acceptors (Lipinski definition) is 5. The fourth-order valence-electron chi connectivity index (χ4n) is 2.89. The minimum atomic E-state index is -0.161. The molecule has 0 saturated carbocycles. The van der Waals surface area contributed by atoms with E-state index in [4.69, 9.17) is 9.15 Å². The Morgan fingerprint density at radius 3 is 2.34 bits per heavy atom. The maximum Gasteiger partial charge on any atom is 0.257 e. The first-order chi connectivity index (χ1) is 14.0. The Hall–Kier alpha value is -2.64. The summed E-state index contributed by atoms with van der Waals surface area (Å²) < 4.78 is 10.1. The van der Waals surface area contributed by atoms with E-state index >= 15 is 0 Å². The SMILES string of the molecule is COCCN(CCC(=O)N(CCN(C)C)Cc1ccccc1)C(=O)c1ccoc1. The van der Waals surface area contributed by atoms with Gasteiger partial charge >= 0.3 is 0 Å². The van der Waals surface area contributed by atoms with Crippen LogP contribution in [-0.2, 0) is 16.1 Å². The Morgan fingerprint density at radius 1 is 0.966 bits per heavy atom. The van der Waals surface area contributed by atoms with Crippen LogP contribution in [0.15, 0.2) is 53.3 Å². The maximum absolute atomic E-state index is 13.0. The smallest absolute Gasteiger partial charge is 0.257 e. The lowest BCUT2D eigenvalue weighted by Gasteiger charge is -2.27. The summed E-state index contributed by atoms with van der Waals surface area (Å²) in [6, 6.07) is 11.6. The quantitative estimate of drug-likeness (QED) is 0.546. The summed E-state index contributed by atoms with van der Waals surface area (Å²) in [4.78, 5) is 31.2. The number of methoxy groups -OCH3 is 1. The lowest BCUT2D eigenvalue weighted by atomic mass is 10.2. The molecular formula is C22H31N3O4. The van der Waals surface area contributed by atoms with E-state index in [2.05, 4.69) is 4.90 Å². The molecule has 0 unspecified atom stereocenters. The Morgan fingerprint density at radius 2 is 1.72 bits per heavy atom. The van der Waals surface area contributed by atoms with Crippen LogP contribution in [0.5, 0.6) is 0 Å². The number of carbonyl (C=O) groups is 2. The van der Waals surface area contributed by atoms with Crippen molar-refractivity contribution in [3.05, 3.63) is 60.1 Å². The minimum absolute atomic E-state index is 0.0260. The summed E-state index contributed by atoms with van der Waals surface area (Å²) in [5.74, 6) is -0.135. The Bertz CT molecular complexity index is 732. The molecule has 0 spiro atoms. The van der Waals surface area contributed by atoms with Gasteiger partial charge in [0, 0.05) is 46.3 Å². The third-order valence-corrected chi connectivity index (χ3v) is 4.60. The van der Waals surface area contributed by atoms with Gasteiger partial charge in [-0.15, -0.1) is 0 Å². The van der Waals surface area contributed by atoms with Gasteiger partial charge in [-0.2, -0.15) is 0 Å². The van der Waals surface area contributed by atoms with Crippen molar-refractivity contribution in [1.29, 1.82) is 0 Å². The molecule has 1 aromatic heterocycles. The van der Waals surface area contributed by atoms with Gasteiger partial charge in [-0.25, -0.2) is 0 Å². The number of carbonyl (C=O) groups excluding carboxylic acids is 2. The van der Waals surface area contributed by atoms with E-state index in [1.165, 1.54) is 12.5 Å². The summed E-state index contributed by atoms with van der Waals surface area (Å²) in [7, 11) is 5.57. The fourth-order valence-corrected chi connectivity index (χ4v) is 2.89. The number of likely N-dealkylation sites (N-methyl/N-ethyl adjacent to an activating group) is 1. The molecule has 0 atom stereocenters. The molecule has 2 aromatic rings. The summed E-state index contributed by atoms with van der Waals surface area (Å²) in [6.45, 7) is 3.13. The molecule has 2 amide bonds. The Kier molecular flexibility index (Phi) is 9.40. The second-order valence-electron chi connectivity index (χ2n) is 7.15. The molecule has 0 saturated heterocycles. The summed E-state index contributed by atoms with van der Waals surface area (Å²) in [5, 5.41) is 0. The molecule has 0 bridgehead atoms. The van der Waals surface area contributed by atoms with Gasteiger partial charge in [-0.1, -0.05) is 30.3 Å². The molecule has 7 nitrogen and oxygen atoms in total. The average Bonchev–Trinajstić information content (AvgIpc) is 3.26. The van der Waals surface area contributed by atoms with Crippen LogP contribution in [0, 0.1) is 0 Å². The lowest BCUT2D eigenvalue weighted by Crippen LogP contribution is -2.40. The minimum Gasteiger partial charge on any atom is -0.472 e. The topological polar surface area (TPSA) is 66.2 Å². The molecule has 1 aromatic carbocycles. The van der Waals surface area contributed by atoms with Gasteiger partial charge in [0.1, 0.15) is 6.26 Å². The van der Waals surface area contributed by atoms with Crippen molar-refractivity contribution in [2.75, 3.05) is 54.0 Å². The first kappa shape index (κ1) is 22.6. The first-order valence-corrected chi connectivity index (χ1v) is 9.78. The monoisotopic (exact) mass is 401 g/mol. The third-order valence-electron chi connectivity index (χ3n) is 4.60. The predicted octanol–water partition coefficient (Wildman–Crippen LogP) is 2.35. The lowest BCUT2D eigenvalue weighted by molar-refractivity contribution is -0.132. The number of hydrogen-bond donors (Lipinski definition) is 0. The zero-order valence-electron chi connectivity index (χ0n) is 17.5. The molecule has 1 heterocycles. The zero-order valence-corrected chi connectivity index (χ0v) is 17.5. The molecule has 0 aliphatic heterocycles. The van der Waals surface area contributed by atoms with Crippen LogP contribution in [0.25, 0.3) is 0 Å². The van der Waals surface area contributed by atoms with Gasteiger partial charge in [0.25, 0.3) is 5.91 Å². The van der Waals surface area contributed by atoms with Crippen LogP contribution in [0.3, 0.4) is 0 Å². The molecule has 158 valence electrons. The number of furan rings is 1. The van der Waals surface area contributed by atoms with E-state index in [-0.39, 0.29) is 18.2 Å². The van der Waals surface area contributed by atoms with Crippen molar-refractivity contribution < 1.29 is 18.7 Å². The highest BCUT2D eigenvalue weighted by atomic mass is 16.5. The third kappa shape index (κ3) is 7.71. The molecule has 0 aliphatic rings. The highest BCUT2D eigenvalue weighted by molar-refractivity contribution is 5.94. The number of ether oxygens (including phenoxy) is 1. The number of amides is 2. The second kappa shape index (κ2) is 12.0. The van der Waals surface area contributed by atoms with Gasteiger partial charge in [-0.3, -0.25) is 9.59 Å². The molecule has 0 N–H and O–H groups in total. The average molecular weight is 402 g/mol. The van der Waals surface area contributed by atoms with Gasteiger partial charge in [0.05, 0.1) is 18.4 Å². The first-order valence-electron chi connectivity index (χ1n) is 9.78. The van der Waals surface area contributed by atoms with Crippen molar-refractivity contribution in [2.45, 2.75) is 13.0 Å². The van der Waals surface area contributed by atoms with E-state index in [0.717, 1.165) is 12.1 Å². The van der Waals surface area contributed by atoms with Crippen LogP contribution < -0.4 is 0 Å². The van der Waals surface area contributed by atoms with Crippen molar-refractivity contribution in [3.63, 3.8) is 0 Å². The normalized spacial score (nSPS) is 10.9. The number of benzene rings is 1. The largest absolute Gasteiger partial charge is 0.472 e. The predicted molar refractivity (Wildman–Crippen MR) is 112 cm³/mol. The highest BCUT2D eigenvalue weighted by Gasteiger charge is 2.20. The van der Waals surface area contributed by atoms with Crippen LogP contribution in [-0.4, -0.2) is 80.5 Å². The molecule has 2 rings (SSSR count). The number of rotatable bonds is 12. The van der Waals surface area contributed by atoms with E-state index in [1.807, 2.05) is 49.3 Å². The van der Waals surface area contributed by atoms with E-state index in [0.29, 0.717) is 38.3 Å². The highest BCUT2D eigenvalue weighted by Crippen LogP contribution is 2.10. The van der Waals surface area contributed by atoms with E-state index in [1.54, 1.807) is 18.1 Å². The molecule has 7 heteroatoms. The van der Waals surface area contributed by atoms with Crippen LogP contribution in [0.2, 0.25) is 0 Å². The van der Waals surface area contributed by atoms with Crippen molar-refractivity contribution in [2.24, 2.45) is 0 Å². The van der Waals surface area contributed by atoms with E-state index < -0.39 is 0 Å². The molecule has 0 radical (unpaired) electrons. The molecule has 0 aliphatic carbocycles. The Labute approximate surface area is 172 Å². The van der Waals surface area contributed by atoms with Crippen molar-refractivity contribution >= 4 is 11.8 Å². The molecule has 29 heavy (non-hydrogen) atoms.